The zero-order valence-electron chi connectivity index (χ0n) is 13.6. The van der Waals surface area contributed by atoms with Crippen LogP contribution in [0.5, 0.6) is 11.5 Å². The summed E-state index contributed by atoms with van der Waals surface area (Å²) in [5.74, 6) is 0.526. The molecule has 1 aliphatic carbocycles. The van der Waals surface area contributed by atoms with Crippen LogP contribution in [0.2, 0.25) is 0 Å². The monoisotopic (exact) mass is 320 g/mol. The molecular weight excluding hydrogens is 300 g/mol. The lowest BCUT2D eigenvalue weighted by atomic mass is 9.92. The number of phenols is 2. The van der Waals surface area contributed by atoms with Gasteiger partial charge in [-0.2, -0.15) is 5.10 Å². The van der Waals surface area contributed by atoms with Gasteiger partial charge in [-0.1, -0.05) is 0 Å². The van der Waals surface area contributed by atoms with Gasteiger partial charge in [0.15, 0.2) is 0 Å². The maximum atomic E-state index is 9.57. The summed E-state index contributed by atoms with van der Waals surface area (Å²) < 4.78 is 2.15. The summed E-state index contributed by atoms with van der Waals surface area (Å²) in [6, 6.07) is 14.9. The largest absolute Gasteiger partial charge is 0.508 e. The zero-order chi connectivity index (χ0) is 16.7. The second kappa shape index (κ2) is 5.71. The molecule has 0 aliphatic heterocycles. The average molecular weight is 320 g/mol. The first-order valence-electron chi connectivity index (χ1n) is 8.31. The van der Waals surface area contributed by atoms with Crippen LogP contribution in [-0.2, 0) is 0 Å². The van der Waals surface area contributed by atoms with Gasteiger partial charge in [-0.15, -0.1) is 0 Å². The predicted octanol–water partition coefficient (Wildman–Crippen LogP) is 4.66. The molecule has 122 valence electrons. The summed E-state index contributed by atoms with van der Waals surface area (Å²) in [6.07, 6.45) is 3.55. The van der Waals surface area contributed by atoms with E-state index >= 15 is 0 Å². The molecule has 24 heavy (non-hydrogen) atoms. The van der Waals surface area contributed by atoms with Gasteiger partial charge in [0.1, 0.15) is 11.5 Å². The fourth-order valence-corrected chi connectivity index (χ4v) is 3.27. The molecule has 1 aromatic heterocycles. The second-order valence-corrected chi connectivity index (χ2v) is 6.45. The van der Waals surface area contributed by atoms with Crippen molar-refractivity contribution in [1.29, 1.82) is 0 Å². The molecule has 0 spiro atoms. The molecule has 0 atom stereocenters. The topological polar surface area (TPSA) is 58.3 Å². The molecule has 4 heteroatoms. The summed E-state index contributed by atoms with van der Waals surface area (Å²) in [5.41, 5.74) is 5.25. The third-order valence-corrected chi connectivity index (χ3v) is 4.85. The molecule has 0 amide bonds. The van der Waals surface area contributed by atoms with Gasteiger partial charge in [0.2, 0.25) is 0 Å². The Labute approximate surface area is 141 Å². The minimum absolute atomic E-state index is 0.258. The van der Waals surface area contributed by atoms with Crippen molar-refractivity contribution in [1.82, 2.24) is 9.78 Å². The lowest BCUT2D eigenvalue weighted by Gasteiger charge is -2.27. The summed E-state index contributed by atoms with van der Waals surface area (Å²) in [5, 5.41) is 24.0. The molecule has 0 saturated heterocycles. The van der Waals surface area contributed by atoms with E-state index in [9.17, 15) is 10.2 Å². The van der Waals surface area contributed by atoms with E-state index in [1.807, 2.05) is 24.3 Å². The van der Waals surface area contributed by atoms with Crippen LogP contribution in [0, 0.1) is 6.92 Å². The molecule has 4 rings (SSSR count). The molecule has 1 fully saturated rings. The SMILES string of the molecule is Cc1c(-c2ccc(O)cc2)nn(C2CCC2)c1-c1ccc(O)cc1. The molecule has 0 radical (unpaired) electrons. The number of hydrogen-bond donors (Lipinski definition) is 2. The van der Waals surface area contributed by atoms with Crippen molar-refractivity contribution in [2.75, 3.05) is 0 Å². The Hall–Kier alpha value is -2.75. The molecule has 1 aliphatic rings. The van der Waals surface area contributed by atoms with E-state index in [0.717, 1.165) is 40.9 Å². The Morgan fingerprint density at radius 2 is 1.42 bits per heavy atom. The molecule has 4 nitrogen and oxygen atoms in total. The van der Waals surface area contributed by atoms with Crippen molar-refractivity contribution >= 4 is 0 Å². The van der Waals surface area contributed by atoms with Crippen molar-refractivity contribution in [2.24, 2.45) is 0 Å². The molecule has 2 N–H and O–H groups in total. The number of aromatic nitrogens is 2. The summed E-state index contributed by atoms with van der Waals surface area (Å²) >= 11 is 0. The van der Waals surface area contributed by atoms with Crippen LogP contribution in [0.1, 0.15) is 30.9 Å². The smallest absolute Gasteiger partial charge is 0.115 e. The lowest BCUT2D eigenvalue weighted by molar-refractivity contribution is 0.292. The van der Waals surface area contributed by atoms with Crippen molar-refractivity contribution in [3.05, 3.63) is 54.1 Å². The van der Waals surface area contributed by atoms with Gasteiger partial charge >= 0.3 is 0 Å². The summed E-state index contributed by atoms with van der Waals surface area (Å²) in [6.45, 7) is 2.09. The van der Waals surface area contributed by atoms with E-state index < -0.39 is 0 Å². The van der Waals surface area contributed by atoms with E-state index in [4.69, 9.17) is 5.10 Å². The molecule has 1 saturated carbocycles. The molecule has 0 unspecified atom stereocenters. The third kappa shape index (κ3) is 2.44. The Balaban J connectivity index is 1.87. The van der Waals surface area contributed by atoms with E-state index in [2.05, 4.69) is 11.6 Å². The Kier molecular flexibility index (Phi) is 3.53. The Bertz CT molecular complexity index is 860. The van der Waals surface area contributed by atoms with Gasteiger partial charge in [-0.3, -0.25) is 4.68 Å². The van der Waals surface area contributed by atoms with E-state index in [1.54, 1.807) is 24.3 Å². The van der Waals surface area contributed by atoms with Crippen LogP contribution in [0.3, 0.4) is 0 Å². The first-order valence-corrected chi connectivity index (χ1v) is 8.31. The molecule has 3 aromatic rings. The normalized spacial score (nSPS) is 14.5. The quantitative estimate of drug-likeness (QED) is 0.738. The van der Waals surface area contributed by atoms with E-state index in [1.165, 1.54) is 6.42 Å². The number of aromatic hydroxyl groups is 2. The van der Waals surface area contributed by atoms with Crippen molar-refractivity contribution in [3.63, 3.8) is 0 Å². The van der Waals surface area contributed by atoms with Crippen LogP contribution in [0.15, 0.2) is 48.5 Å². The van der Waals surface area contributed by atoms with Crippen LogP contribution >= 0.6 is 0 Å². The van der Waals surface area contributed by atoms with E-state index in [0.29, 0.717) is 6.04 Å². The minimum atomic E-state index is 0.258. The maximum absolute atomic E-state index is 9.57. The predicted molar refractivity (Wildman–Crippen MR) is 94.1 cm³/mol. The fraction of sp³-hybridized carbons (Fsp3) is 0.250. The molecule has 0 bridgehead atoms. The third-order valence-electron chi connectivity index (χ3n) is 4.85. The number of rotatable bonds is 3. The van der Waals surface area contributed by atoms with Gasteiger partial charge in [0, 0.05) is 16.7 Å². The molecular formula is C20H20N2O2. The van der Waals surface area contributed by atoms with Crippen molar-refractivity contribution in [3.8, 4) is 34.0 Å². The minimum Gasteiger partial charge on any atom is -0.508 e. The van der Waals surface area contributed by atoms with Gasteiger partial charge in [-0.25, -0.2) is 0 Å². The fourth-order valence-electron chi connectivity index (χ4n) is 3.27. The van der Waals surface area contributed by atoms with Crippen LogP contribution < -0.4 is 0 Å². The highest BCUT2D eigenvalue weighted by atomic mass is 16.3. The first kappa shape index (κ1) is 14.8. The lowest BCUT2D eigenvalue weighted by Crippen LogP contribution is -2.19. The van der Waals surface area contributed by atoms with Gasteiger partial charge in [0.05, 0.1) is 17.4 Å². The molecule has 1 heterocycles. The van der Waals surface area contributed by atoms with Gasteiger partial charge in [0.25, 0.3) is 0 Å². The summed E-state index contributed by atoms with van der Waals surface area (Å²) in [4.78, 5) is 0. The molecule has 2 aromatic carbocycles. The van der Waals surface area contributed by atoms with E-state index in [-0.39, 0.29) is 11.5 Å². The summed E-state index contributed by atoms with van der Waals surface area (Å²) in [7, 11) is 0. The Morgan fingerprint density at radius 3 is 1.92 bits per heavy atom. The highest BCUT2D eigenvalue weighted by molar-refractivity contribution is 5.74. The van der Waals surface area contributed by atoms with Gasteiger partial charge in [-0.05, 0) is 74.7 Å². The van der Waals surface area contributed by atoms with Crippen LogP contribution in [0.25, 0.3) is 22.5 Å². The van der Waals surface area contributed by atoms with Crippen molar-refractivity contribution < 1.29 is 10.2 Å². The zero-order valence-corrected chi connectivity index (χ0v) is 13.6. The average Bonchev–Trinajstić information content (AvgIpc) is 2.85. The highest BCUT2D eigenvalue weighted by Gasteiger charge is 2.26. The maximum Gasteiger partial charge on any atom is 0.115 e. The number of phenolic OH excluding ortho intramolecular Hbond substituents is 2. The standard InChI is InChI=1S/C20H20N2O2/c1-13-19(14-5-9-17(23)10-6-14)21-22(16-3-2-4-16)20(13)15-7-11-18(24)12-8-15/h5-12,16,23-24H,2-4H2,1H3. The van der Waals surface area contributed by atoms with Gasteiger partial charge < -0.3 is 10.2 Å². The highest BCUT2D eigenvalue weighted by Crippen LogP contribution is 2.40. The van der Waals surface area contributed by atoms with Crippen molar-refractivity contribution in [2.45, 2.75) is 32.2 Å². The first-order chi connectivity index (χ1) is 11.6. The van der Waals surface area contributed by atoms with Crippen LogP contribution in [-0.4, -0.2) is 20.0 Å². The second-order valence-electron chi connectivity index (χ2n) is 6.45. The number of nitrogens with zero attached hydrogens (tertiary/aromatic N) is 2. The number of hydrogen-bond acceptors (Lipinski definition) is 3. The Morgan fingerprint density at radius 1 is 0.875 bits per heavy atom. The van der Waals surface area contributed by atoms with Crippen LogP contribution in [0.4, 0.5) is 0 Å². The number of benzene rings is 2.